The second-order valence-electron chi connectivity index (χ2n) is 8.28. The predicted molar refractivity (Wildman–Crippen MR) is 132 cm³/mol. The number of carbonyl (C=O) groups excluding carboxylic acids is 3. The van der Waals surface area contributed by atoms with Gasteiger partial charge in [-0.25, -0.2) is 4.79 Å². The molecule has 11 nitrogen and oxygen atoms in total. The summed E-state index contributed by atoms with van der Waals surface area (Å²) in [4.78, 5) is 51.8. The first-order chi connectivity index (χ1) is 17.3. The van der Waals surface area contributed by atoms with Crippen molar-refractivity contribution in [2.24, 2.45) is 5.73 Å². The fourth-order valence-corrected chi connectivity index (χ4v) is 3.69. The SMILES string of the molecule is NC(Cc1c[nH]c2ccccc12)C(=O)NC(CO)C(=O)NCC(=O)NC(Cc1ccccc1)C(=O)O. The summed E-state index contributed by atoms with van der Waals surface area (Å²) >= 11 is 0. The van der Waals surface area contributed by atoms with Gasteiger partial charge in [0.15, 0.2) is 0 Å². The van der Waals surface area contributed by atoms with E-state index in [0.717, 1.165) is 22.0 Å². The van der Waals surface area contributed by atoms with Crippen LogP contribution in [0.4, 0.5) is 0 Å². The van der Waals surface area contributed by atoms with E-state index in [1.165, 1.54) is 0 Å². The van der Waals surface area contributed by atoms with Gasteiger partial charge in [0, 0.05) is 23.5 Å². The third-order valence-electron chi connectivity index (χ3n) is 5.61. The maximum atomic E-state index is 12.5. The number of amides is 3. The van der Waals surface area contributed by atoms with E-state index in [9.17, 15) is 29.4 Å². The summed E-state index contributed by atoms with van der Waals surface area (Å²) in [6.45, 7) is -1.25. The molecule has 3 atom stereocenters. The summed E-state index contributed by atoms with van der Waals surface area (Å²) < 4.78 is 0. The van der Waals surface area contributed by atoms with Crippen LogP contribution in [0.2, 0.25) is 0 Å². The Bertz CT molecular complexity index is 1210. The van der Waals surface area contributed by atoms with Crippen molar-refractivity contribution < 1.29 is 29.4 Å². The summed E-state index contributed by atoms with van der Waals surface area (Å²) in [7, 11) is 0. The number of hydrogen-bond donors (Lipinski definition) is 7. The lowest BCUT2D eigenvalue weighted by Gasteiger charge is -2.19. The fraction of sp³-hybridized carbons (Fsp3) is 0.280. The van der Waals surface area contributed by atoms with Gasteiger partial charge < -0.3 is 36.9 Å². The van der Waals surface area contributed by atoms with Crippen LogP contribution in [0.15, 0.2) is 60.8 Å². The van der Waals surface area contributed by atoms with E-state index < -0.39 is 55.0 Å². The molecule has 11 heteroatoms. The van der Waals surface area contributed by atoms with E-state index in [4.69, 9.17) is 5.73 Å². The van der Waals surface area contributed by atoms with E-state index >= 15 is 0 Å². The van der Waals surface area contributed by atoms with Crippen molar-refractivity contribution >= 4 is 34.6 Å². The molecule has 0 saturated carbocycles. The predicted octanol–water partition coefficient (Wildman–Crippen LogP) is -0.557. The van der Waals surface area contributed by atoms with Crippen LogP contribution in [0.3, 0.4) is 0 Å². The van der Waals surface area contributed by atoms with Gasteiger partial charge >= 0.3 is 5.97 Å². The number of fused-ring (bicyclic) bond motifs is 1. The number of nitrogens with two attached hydrogens (primary N) is 1. The summed E-state index contributed by atoms with van der Waals surface area (Å²) in [5.41, 5.74) is 8.47. The molecule has 0 bridgehead atoms. The van der Waals surface area contributed by atoms with Crippen LogP contribution in [-0.4, -0.2) is 70.2 Å². The first-order valence-electron chi connectivity index (χ1n) is 11.3. The van der Waals surface area contributed by atoms with Gasteiger partial charge in [-0.1, -0.05) is 48.5 Å². The molecule has 2 aromatic carbocycles. The van der Waals surface area contributed by atoms with Crippen molar-refractivity contribution in [2.45, 2.75) is 31.0 Å². The summed E-state index contributed by atoms with van der Waals surface area (Å²) in [6, 6.07) is 12.8. The number of aromatic nitrogens is 1. The third-order valence-corrected chi connectivity index (χ3v) is 5.61. The number of aliphatic hydroxyl groups excluding tert-OH is 1. The highest BCUT2D eigenvalue weighted by molar-refractivity contribution is 5.93. The first kappa shape index (κ1) is 26.4. The Kier molecular flexibility index (Phi) is 9.14. The van der Waals surface area contributed by atoms with E-state index in [1.54, 1.807) is 36.5 Å². The molecule has 0 aliphatic heterocycles. The molecule has 0 fully saturated rings. The Balaban J connectivity index is 1.49. The lowest BCUT2D eigenvalue weighted by Crippen LogP contribution is -2.55. The number of rotatable bonds is 12. The number of aliphatic carboxylic acids is 1. The number of H-pyrrole nitrogens is 1. The van der Waals surface area contributed by atoms with E-state index in [2.05, 4.69) is 20.9 Å². The second kappa shape index (κ2) is 12.5. The molecule has 0 aliphatic carbocycles. The Labute approximate surface area is 207 Å². The monoisotopic (exact) mass is 495 g/mol. The van der Waals surface area contributed by atoms with E-state index in [1.807, 2.05) is 24.3 Å². The normalized spacial score (nSPS) is 13.4. The zero-order valence-corrected chi connectivity index (χ0v) is 19.4. The van der Waals surface area contributed by atoms with Gasteiger partial charge in [0.1, 0.15) is 12.1 Å². The highest BCUT2D eigenvalue weighted by Gasteiger charge is 2.25. The van der Waals surface area contributed by atoms with Crippen molar-refractivity contribution in [2.75, 3.05) is 13.2 Å². The molecular formula is C25H29N5O6. The largest absolute Gasteiger partial charge is 0.480 e. The van der Waals surface area contributed by atoms with Gasteiger partial charge in [0.2, 0.25) is 17.7 Å². The lowest BCUT2D eigenvalue weighted by molar-refractivity contribution is -0.141. The number of hydrogen-bond acceptors (Lipinski definition) is 6. The number of nitrogens with one attached hydrogen (secondary N) is 4. The van der Waals surface area contributed by atoms with Crippen molar-refractivity contribution in [1.29, 1.82) is 0 Å². The second-order valence-corrected chi connectivity index (χ2v) is 8.28. The van der Waals surface area contributed by atoms with Crippen LogP contribution in [0.5, 0.6) is 0 Å². The van der Waals surface area contributed by atoms with Crippen LogP contribution >= 0.6 is 0 Å². The molecule has 0 saturated heterocycles. The van der Waals surface area contributed by atoms with Gasteiger partial charge in [-0.05, 0) is 23.6 Å². The van der Waals surface area contributed by atoms with Crippen LogP contribution in [0.25, 0.3) is 10.9 Å². The number of carboxylic acids is 1. The Morgan fingerprint density at radius 3 is 2.28 bits per heavy atom. The quantitative estimate of drug-likeness (QED) is 0.175. The first-order valence-corrected chi connectivity index (χ1v) is 11.3. The number of benzene rings is 2. The van der Waals surface area contributed by atoms with Crippen LogP contribution in [0.1, 0.15) is 11.1 Å². The van der Waals surface area contributed by atoms with Crippen molar-refractivity contribution in [3.63, 3.8) is 0 Å². The number of aliphatic hydroxyl groups is 1. The number of carboxylic acid groups (broad SMARTS) is 1. The van der Waals surface area contributed by atoms with Crippen LogP contribution in [0, 0.1) is 0 Å². The van der Waals surface area contributed by atoms with Gasteiger partial charge in [-0.15, -0.1) is 0 Å². The van der Waals surface area contributed by atoms with Crippen molar-refractivity contribution in [3.05, 3.63) is 71.9 Å². The molecule has 0 radical (unpaired) electrons. The van der Waals surface area contributed by atoms with Gasteiger partial charge in [0.25, 0.3) is 0 Å². The zero-order chi connectivity index (χ0) is 26.1. The minimum atomic E-state index is -1.33. The minimum Gasteiger partial charge on any atom is -0.480 e. The zero-order valence-electron chi connectivity index (χ0n) is 19.4. The smallest absolute Gasteiger partial charge is 0.326 e. The van der Waals surface area contributed by atoms with Crippen LogP contribution < -0.4 is 21.7 Å². The highest BCUT2D eigenvalue weighted by atomic mass is 16.4. The van der Waals surface area contributed by atoms with Crippen molar-refractivity contribution in [1.82, 2.24) is 20.9 Å². The average Bonchev–Trinajstić information content (AvgIpc) is 3.28. The van der Waals surface area contributed by atoms with Crippen molar-refractivity contribution in [3.8, 4) is 0 Å². The number of aromatic amines is 1. The molecule has 0 spiro atoms. The Hall–Kier alpha value is -4.22. The molecule has 3 rings (SSSR count). The Morgan fingerprint density at radius 2 is 1.58 bits per heavy atom. The van der Waals surface area contributed by atoms with E-state index in [0.29, 0.717) is 0 Å². The molecular weight excluding hydrogens is 466 g/mol. The standard InChI is InChI=1S/C25H29N5O6/c26-18(11-16-12-27-19-9-5-4-8-17(16)19)23(33)30-21(14-31)24(34)28-13-22(32)29-20(25(35)36)10-15-6-2-1-3-7-15/h1-9,12,18,20-21,27,31H,10-11,13-14,26H2,(H,28,34)(H,29,32)(H,30,33)(H,35,36). The molecule has 0 aliphatic rings. The maximum absolute atomic E-state index is 12.5. The molecule has 190 valence electrons. The van der Waals surface area contributed by atoms with Gasteiger partial charge in [0.05, 0.1) is 19.2 Å². The summed E-state index contributed by atoms with van der Waals surface area (Å²) in [5.74, 6) is -3.41. The summed E-state index contributed by atoms with van der Waals surface area (Å²) in [6.07, 6.45) is 2.03. The van der Waals surface area contributed by atoms with E-state index in [-0.39, 0.29) is 12.8 Å². The number of para-hydroxylation sites is 1. The summed E-state index contributed by atoms with van der Waals surface area (Å²) in [5, 5.41) is 26.9. The lowest BCUT2D eigenvalue weighted by atomic mass is 10.0. The van der Waals surface area contributed by atoms with Gasteiger partial charge in [-0.3, -0.25) is 14.4 Å². The molecule has 1 heterocycles. The molecule has 8 N–H and O–H groups in total. The average molecular weight is 496 g/mol. The molecule has 3 amide bonds. The topological polar surface area (TPSA) is 187 Å². The third kappa shape index (κ3) is 7.14. The highest BCUT2D eigenvalue weighted by Crippen LogP contribution is 2.18. The molecule has 3 unspecified atom stereocenters. The minimum absolute atomic E-state index is 0.0689. The Morgan fingerprint density at radius 1 is 0.889 bits per heavy atom. The molecule has 1 aromatic heterocycles. The molecule has 3 aromatic rings. The van der Waals surface area contributed by atoms with Crippen LogP contribution in [-0.2, 0) is 32.0 Å². The fourth-order valence-electron chi connectivity index (χ4n) is 3.69. The van der Waals surface area contributed by atoms with Gasteiger partial charge in [-0.2, -0.15) is 0 Å². The number of carbonyl (C=O) groups is 4. The molecule has 36 heavy (non-hydrogen) atoms. The maximum Gasteiger partial charge on any atom is 0.326 e.